The van der Waals surface area contributed by atoms with E-state index in [4.69, 9.17) is 0 Å². The SMILES string of the molecule is CCCCCCCCB(c1ccccc1)c1ccccc1. The minimum atomic E-state index is 0.554. The fraction of sp³-hybridized carbons (Fsp3) is 0.400. The molecule has 0 aliphatic heterocycles. The van der Waals surface area contributed by atoms with Crippen molar-refractivity contribution < 1.29 is 0 Å². The number of benzene rings is 2. The minimum absolute atomic E-state index is 0.554. The van der Waals surface area contributed by atoms with Gasteiger partial charge in [-0.2, -0.15) is 0 Å². The third kappa shape index (κ3) is 5.42. The third-order valence-electron chi connectivity index (χ3n) is 4.25. The van der Waals surface area contributed by atoms with Crippen LogP contribution in [0.1, 0.15) is 45.4 Å². The number of unbranched alkanes of at least 4 members (excludes halogenated alkanes) is 5. The Bertz CT molecular complexity index is 438. The molecule has 110 valence electrons. The molecule has 0 nitrogen and oxygen atoms in total. The van der Waals surface area contributed by atoms with Crippen molar-refractivity contribution in [1.29, 1.82) is 0 Å². The van der Waals surface area contributed by atoms with Gasteiger partial charge in [0.05, 0.1) is 0 Å². The highest BCUT2D eigenvalue weighted by atomic mass is 14.0. The molecule has 0 fully saturated rings. The molecule has 0 atom stereocenters. The van der Waals surface area contributed by atoms with Gasteiger partial charge in [0.2, 0.25) is 6.71 Å². The second-order valence-electron chi connectivity index (χ2n) is 5.93. The zero-order valence-corrected chi connectivity index (χ0v) is 13.3. The summed E-state index contributed by atoms with van der Waals surface area (Å²) in [6.45, 7) is 2.83. The van der Waals surface area contributed by atoms with E-state index in [2.05, 4.69) is 67.6 Å². The summed E-state index contributed by atoms with van der Waals surface area (Å²) in [5.74, 6) is 0. The van der Waals surface area contributed by atoms with Crippen molar-refractivity contribution in [2.24, 2.45) is 0 Å². The molecule has 0 radical (unpaired) electrons. The van der Waals surface area contributed by atoms with E-state index in [9.17, 15) is 0 Å². The van der Waals surface area contributed by atoms with E-state index in [1.807, 2.05) is 0 Å². The molecule has 0 saturated heterocycles. The van der Waals surface area contributed by atoms with Crippen LogP contribution in [-0.2, 0) is 0 Å². The molecule has 0 unspecified atom stereocenters. The fourth-order valence-corrected chi connectivity index (χ4v) is 3.03. The third-order valence-corrected chi connectivity index (χ3v) is 4.25. The van der Waals surface area contributed by atoms with Crippen molar-refractivity contribution in [3.8, 4) is 0 Å². The van der Waals surface area contributed by atoms with Crippen LogP contribution in [0.5, 0.6) is 0 Å². The number of hydrogen-bond acceptors (Lipinski definition) is 0. The quantitative estimate of drug-likeness (QED) is 0.462. The molecule has 0 aliphatic carbocycles. The predicted octanol–water partition coefficient (Wildman–Crippen LogP) is 4.66. The molecule has 1 heteroatoms. The van der Waals surface area contributed by atoms with E-state index < -0.39 is 0 Å². The molecule has 0 heterocycles. The fourth-order valence-electron chi connectivity index (χ4n) is 3.03. The van der Waals surface area contributed by atoms with E-state index in [0.717, 1.165) is 0 Å². The molecule has 0 bridgehead atoms. The first-order valence-electron chi connectivity index (χ1n) is 8.51. The van der Waals surface area contributed by atoms with Gasteiger partial charge in [-0.3, -0.25) is 0 Å². The summed E-state index contributed by atoms with van der Waals surface area (Å²) in [6.07, 6.45) is 9.48. The Morgan fingerprint density at radius 3 is 1.62 bits per heavy atom. The second-order valence-corrected chi connectivity index (χ2v) is 5.93. The predicted molar refractivity (Wildman–Crippen MR) is 96.1 cm³/mol. The van der Waals surface area contributed by atoms with Gasteiger partial charge in [0, 0.05) is 0 Å². The molecule has 2 aromatic rings. The Labute approximate surface area is 130 Å². The van der Waals surface area contributed by atoms with E-state index in [0.29, 0.717) is 6.71 Å². The first-order valence-corrected chi connectivity index (χ1v) is 8.51. The van der Waals surface area contributed by atoms with Crippen molar-refractivity contribution in [3.05, 3.63) is 60.7 Å². The van der Waals surface area contributed by atoms with E-state index in [-0.39, 0.29) is 0 Å². The van der Waals surface area contributed by atoms with Gasteiger partial charge >= 0.3 is 0 Å². The lowest BCUT2D eigenvalue weighted by atomic mass is 9.38. The molecule has 0 aromatic heterocycles. The maximum atomic E-state index is 2.28. The van der Waals surface area contributed by atoms with Crippen LogP contribution in [0.2, 0.25) is 6.32 Å². The lowest BCUT2D eigenvalue weighted by molar-refractivity contribution is 0.624. The number of hydrogen-bond donors (Lipinski definition) is 0. The maximum absolute atomic E-state index is 2.28. The topological polar surface area (TPSA) is 0 Å². The molecule has 2 aromatic carbocycles. The van der Waals surface area contributed by atoms with Crippen molar-refractivity contribution >= 4 is 17.6 Å². The van der Waals surface area contributed by atoms with Gasteiger partial charge in [-0.1, -0.05) is 123 Å². The van der Waals surface area contributed by atoms with Crippen LogP contribution in [-0.4, -0.2) is 6.71 Å². The maximum Gasteiger partial charge on any atom is 0.209 e. The van der Waals surface area contributed by atoms with Crippen molar-refractivity contribution in [3.63, 3.8) is 0 Å². The van der Waals surface area contributed by atoms with Crippen LogP contribution in [0.15, 0.2) is 60.7 Å². The monoisotopic (exact) mass is 278 g/mol. The minimum Gasteiger partial charge on any atom is -0.0742 e. The molecule has 0 saturated carbocycles. The Morgan fingerprint density at radius 1 is 0.619 bits per heavy atom. The summed E-state index contributed by atoms with van der Waals surface area (Å²) >= 11 is 0. The summed E-state index contributed by atoms with van der Waals surface area (Å²) in [4.78, 5) is 0. The van der Waals surface area contributed by atoms with Gasteiger partial charge in [-0.25, -0.2) is 0 Å². The van der Waals surface area contributed by atoms with Crippen LogP contribution in [0.25, 0.3) is 0 Å². The first-order chi connectivity index (χ1) is 10.4. The standard InChI is InChI=1S/C20H27B/c1-2-3-4-5-6-13-18-21(19-14-9-7-10-15-19)20-16-11-8-12-17-20/h7-12,14-17H,2-6,13,18H2,1H3. The van der Waals surface area contributed by atoms with Gasteiger partial charge < -0.3 is 0 Å². The first kappa shape index (κ1) is 15.9. The van der Waals surface area contributed by atoms with Gasteiger partial charge in [0.25, 0.3) is 0 Å². The van der Waals surface area contributed by atoms with E-state index in [1.165, 1.54) is 55.8 Å². The summed E-state index contributed by atoms with van der Waals surface area (Å²) in [5, 5.41) is 0. The summed E-state index contributed by atoms with van der Waals surface area (Å²) in [7, 11) is 0. The van der Waals surface area contributed by atoms with Gasteiger partial charge in [0.15, 0.2) is 0 Å². The van der Waals surface area contributed by atoms with Crippen molar-refractivity contribution in [1.82, 2.24) is 0 Å². The highest BCUT2D eigenvalue weighted by molar-refractivity contribution is 6.85. The molecule has 21 heavy (non-hydrogen) atoms. The number of rotatable bonds is 9. The Kier molecular flexibility index (Phi) is 7.14. The largest absolute Gasteiger partial charge is 0.209 e. The Hall–Kier alpha value is -1.50. The van der Waals surface area contributed by atoms with Crippen LogP contribution in [0.4, 0.5) is 0 Å². The molecule has 2 rings (SSSR count). The van der Waals surface area contributed by atoms with E-state index in [1.54, 1.807) is 0 Å². The lowest BCUT2D eigenvalue weighted by Gasteiger charge is -2.14. The Morgan fingerprint density at radius 2 is 1.10 bits per heavy atom. The second kappa shape index (κ2) is 9.44. The summed E-state index contributed by atoms with van der Waals surface area (Å²) in [5.41, 5.74) is 2.91. The molecular formula is C20H27B. The molecule has 0 aliphatic rings. The Balaban J connectivity index is 1.94. The molecular weight excluding hydrogens is 251 g/mol. The van der Waals surface area contributed by atoms with E-state index >= 15 is 0 Å². The summed E-state index contributed by atoms with van der Waals surface area (Å²) in [6, 6.07) is 21.9. The van der Waals surface area contributed by atoms with Crippen LogP contribution in [0, 0.1) is 0 Å². The van der Waals surface area contributed by atoms with Gasteiger partial charge in [-0.05, 0) is 0 Å². The van der Waals surface area contributed by atoms with Gasteiger partial charge in [0.1, 0.15) is 0 Å². The highest BCUT2D eigenvalue weighted by Crippen LogP contribution is 2.09. The average molecular weight is 278 g/mol. The normalized spacial score (nSPS) is 10.5. The smallest absolute Gasteiger partial charge is 0.0742 e. The highest BCUT2D eigenvalue weighted by Gasteiger charge is 2.17. The van der Waals surface area contributed by atoms with Crippen molar-refractivity contribution in [2.45, 2.75) is 51.8 Å². The summed E-state index contributed by atoms with van der Waals surface area (Å²) < 4.78 is 0. The van der Waals surface area contributed by atoms with Crippen LogP contribution < -0.4 is 10.9 Å². The van der Waals surface area contributed by atoms with Crippen molar-refractivity contribution in [2.75, 3.05) is 0 Å². The molecule has 0 spiro atoms. The zero-order chi connectivity index (χ0) is 14.8. The zero-order valence-electron chi connectivity index (χ0n) is 13.3. The molecule has 0 N–H and O–H groups in total. The van der Waals surface area contributed by atoms with Crippen LogP contribution in [0.3, 0.4) is 0 Å². The van der Waals surface area contributed by atoms with Gasteiger partial charge in [-0.15, -0.1) is 0 Å². The molecule has 0 amide bonds. The van der Waals surface area contributed by atoms with Crippen LogP contribution >= 0.6 is 0 Å². The average Bonchev–Trinajstić information content (AvgIpc) is 2.56. The lowest BCUT2D eigenvalue weighted by Crippen LogP contribution is -2.41.